The van der Waals surface area contributed by atoms with Gasteiger partial charge in [0, 0.05) is 38.6 Å². The van der Waals surface area contributed by atoms with Crippen molar-refractivity contribution in [3.63, 3.8) is 0 Å². The van der Waals surface area contributed by atoms with Crippen LogP contribution in [0.15, 0.2) is 182 Å². The summed E-state index contributed by atoms with van der Waals surface area (Å²) in [5.74, 6) is 0. The SMILES string of the molecule is CC1(C)c2cc(N(c3ccc(-c4ccccc4)cc3)c3cccc4ccccc34)ccc2-c2ccc(-n3c4ccccc4c4ccccc43)cc21. The molecule has 242 valence electrons. The molecule has 9 aromatic rings. The Balaban J connectivity index is 1.12. The highest BCUT2D eigenvalue weighted by atomic mass is 15.1. The highest BCUT2D eigenvalue weighted by molar-refractivity contribution is 6.09. The van der Waals surface area contributed by atoms with E-state index in [1.165, 1.54) is 77.3 Å². The summed E-state index contributed by atoms with van der Waals surface area (Å²) in [7, 11) is 0. The van der Waals surface area contributed by atoms with Crippen LogP contribution in [0.4, 0.5) is 17.1 Å². The number of aromatic nitrogens is 1. The van der Waals surface area contributed by atoms with Gasteiger partial charge in [-0.2, -0.15) is 0 Å². The van der Waals surface area contributed by atoms with Crippen molar-refractivity contribution in [1.82, 2.24) is 4.57 Å². The van der Waals surface area contributed by atoms with Crippen molar-refractivity contribution < 1.29 is 0 Å². The van der Waals surface area contributed by atoms with Crippen LogP contribution in [0, 0.1) is 0 Å². The van der Waals surface area contributed by atoms with E-state index in [0.29, 0.717) is 0 Å². The Labute approximate surface area is 298 Å². The van der Waals surface area contributed by atoms with E-state index >= 15 is 0 Å². The minimum atomic E-state index is -0.197. The maximum Gasteiger partial charge on any atom is 0.0541 e. The Morgan fingerprint density at radius 2 is 0.980 bits per heavy atom. The van der Waals surface area contributed by atoms with Gasteiger partial charge in [0.25, 0.3) is 0 Å². The first kappa shape index (κ1) is 29.5. The summed E-state index contributed by atoms with van der Waals surface area (Å²) in [5, 5.41) is 5.02. The number of anilines is 3. The summed E-state index contributed by atoms with van der Waals surface area (Å²) in [6.45, 7) is 4.77. The number of hydrogen-bond donors (Lipinski definition) is 0. The first-order chi connectivity index (χ1) is 25.1. The van der Waals surface area contributed by atoms with E-state index in [2.05, 4.69) is 205 Å². The average molecular weight is 653 g/mol. The molecule has 2 nitrogen and oxygen atoms in total. The Morgan fingerprint density at radius 3 is 1.71 bits per heavy atom. The molecule has 0 aliphatic heterocycles. The number of hydrogen-bond acceptors (Lipinski definition) is 1. The molecular weight excluding hydrogens is 617 g/mol. The first-order valence-electron chi connectivity index (χ1n) is 17.8. The third-order valence-electron chi connectivity index (χ3n) is 11.0. The number of nitrogens with zero attached hydrogens (tertiary/aromatic N) is 2. The summed E-state index contributed by atoms with van der Waals surface area (Å²) in [6, 6.07) is 66.6. The van der Waals surface area contributed by atoms with Crippen LogP contribution < -0.4 is 4.90 Å². The normalized spacial score (nSPS) is 13.1. The fourth-order valence-electron chi connectivity index (χ4n) is 8.46. The second kappa shape index (κ2) is 11.3. The predicted molar refractivity (Wildman–Crippen MR) is 216 cm³/mol. The van der Waals surface area contributed by atoms with Crippen LogP contribution in [0.25, 0.3) is 60.5 Å². The lowest BCUT2D eigenvalue weighted by Gasteiger charge is -2.29. The molecule has 0 saturated carbocycles. The van der Waals surface area contributed by atoms with Crippen molar-refractivity contribution in [3.05, 3.63) is 193 Å². The standard InChI is InChI=1S/C49H36N2/c1-49(2)44-31-37(50(46-22-12-16-35-15-6-7-17-39(35)46)36-25-23-34(24-26-36)33-13-4-3-5-14-33)27-29-40(44)41-30-28-38(32-45(41)49)51-47-20-10-8-18-42(47)43-19-9-11-21-48(43)51/h3-32H,1-2H3. The van der Waals surface area contributed by atoms with Gasteiger partial charge in [0.2, 0.25) is 0 Å². The smallest absolute Gasteiger partial charge is 0.0541 e. The molecule has 0 atom stereocenters. The molecular formula is C49H36N2. The summed E-state index contributed by atoms with van der Waals surface area (Å²) in [6.07, 6.45) is 0. The molecule has 1 heterocycles. The van der Waals surface area contributed by atoms with Crippen LogP contribution >= 0.6 is 0 Å². The van der Waals surface area contributed by atoms with Crippen LogP contribution in [0.1, 0.15) is 25.0 Å². The summed E-state index contributed by atoms with van der Waals surface area (Å²) < 4.78 is 2.43. The van der Waals surface area contributed by atoms with Crippen molar-refractivity contribution >= 4 is 49.6 Å². The zero-order valence-corrected chi connectivity index (χ0v) is 28.7. The summed E-state index contributed by atoms with van der Waals surface area (Å²) >= 11 is 0. The topological polar surface area (TPSA) is 8.17 Å². The Kier molecular flexibility index (Phi) is 6.56. The molecule has 8 aromatic carbocycles. The molecule has 0 saturated heterocycles. The van der Waals surface area contributed by atoms with Gasteiger partial charge in [-0.1, -0.05) is 141 Å². The van der Waals surface area contributed by atoms with Crippen LogP contribution in [-0.2, 0) is 5.41 Å². The number of benzene rings is 8. The van der Waals surface area contributed by atoms with Gasteiger partial charge in [0.05, 0.1) is 16.7 Å². The van der Waals surface area contributed by atoms with Crippen LogP contribution in [0.3, 0.4) is 0 Å². The van der Waals surface area contributed by atoms with Gasteiger partial charge >= 0.3 is 0 Å². The van der Waals surface area contributed by atoms with Crippen molar-refractivity contribution in [2.45, 2.75) is 19.3 Å². The lowest BCUT2D eigenvalue weighted by molar-refractivity contribution is 0.660. The van der Waals surface area contributed by atoms with Crippen molar-refractivity contribution in [2.75, 3.05) is 4.90 Å². The summed E-state index contributed by atoms with van der Waals surface area (Å²) in [4.78, 5) is 2.43. The lowest BCUT2D eigenvalue weighted by atomic mass is 9.82. The Hall–Kier alpha value is -6.38. The Bertz CT molecular complexity index is 2710. The number of fused-ring (bicyclic) bond motifs is 7. The predicted octanol–water partition coefficient (Wildman–Crippen LogP) is 13.4. The second-order valence-electron chi connectivity index (χ2n) is 14.2. The maximum atomic E-state index is 2.43. The van der Waals surface area contributed by atoms with E-state index in [1.807, 2.05) is 0 Å². The fourth-order valence-corrected chi connectivity index (χ4v) is 8.46. The minimum absolute atomic E-state index is 0.197. The van der Waals surface area contributed by atoms with Gasteiger partial charge in [-0.15, -0.1) is 0 Å². The molecule has 1 aromatic heterocycles. The largest absolute Gasteiger partial charge is 0.310 e. The molecule has 1 aliphatic rings. The average Bonchev–Trinajstić information content (AvgIpc) is 3.64. The highest BCUT2D eigenvalue weighted by Crippen LogP contribution is 2.52. The van der Waals surface area contributed by atoms with Gasteiger partial charge in [0.15, 0.2) is 0 Å². The molecule has 0 unspecified atom stereocenters. The molecule has 0 N–H and O–H groups in total. The first-order valence-corrected chi connectivity index (χ1v) is 17.8. The van der Waals surface area contributed by atoms with Gasteiger partial charge < -0.3 is 9.47 Å². The van der Waals surface area contributed by atoms with Gasteiger partial charge in [-0.05, 0) is 93.4 Å². The van der Waals surface area contributed by atoms with Crippen molar-refractivity contribution in [2.24, 2.45) is 0 Å². The molecule has 0 bridgehead atoms. The number of rotatable bonds is 5. The summed E-state index contributed by atoms with van der Waals surface area (Å²) in [5.41, 5.74) is 14.7. The Morgan fingerprint density at radius 1 is 0.431 bits per heavy atom. The molecule has 0 spiro atoms. The molecule has 0 radical (unpaired) electrons. The molecule has 1 aliphatic carbocycles. The third-order valence-corrected chi connectivity index (χ3v) is 11.0. The highest BCUT2D eigenvalue weighted by Gasteiger charge is 2.36. The maximum absolute atomic E-state index is 2.43. The van der Waals surface area contributed by atoms with Crippen LogP contribution in [0.2, 0.25) is 0 Å². The molecule has 0 fully saturated rings. The van der Waals surface area contributed by atoms with E-state index in [4.69, 9.17) is 0 Å². The van der Waals surface area contributed by atoms with E-state index in [1.54, 1.807) is 0 Å². The second-order valence-corrected chi connectivity index (χ2v) is 14.2. The minimum Gasteiger partial charge on any atom is -0.310 e. The quantitative estimate of drug-likeness (QED) is 0.180. The van der Waals surface area contributed by atoms with Gasteiger partial charge in [-0.25, -0.2) is 0 Å². The van der Waals surface area contributed by atoms with E-state index in [0.717, 1.165) is 11.4 Å². The van der Waals surface area contributed by atoms with Crippen LogP contribution in [0.5, 0.6) is 0 Å². The lowest BCUT2D eigenvalue weighted by Crippen LogP contribution is -2.17. The van der Waals surface area contributed by atoms with E-state index in [9.17, 15) is 0 Å². The van der Waals surface area contributed by atoms with E-state index in [-0.39, 0.29) is 5.41 Å². The third kappa shape index (κ3) is 4.57. The van der Waals surface area contributed by atoms with Crippen molar-refractivity contribution in [1.29, 1.82) is 0 Å². The van der Waals surface area contributed by atoms with Gasteiger partial charge in [0.1, 0.15) is 0 Å². The molecule has 10 rings (SSSR count). The number of para-hydroxylation sites is 2. The van der Waals surface area contributed by atoms with Crippen molar-refractivity contribution in [3.8, 4) is 27.9 Å². The molecule has 51 heavy (non-hydrogen) atoms. The zero-order valence-electron chi connectivity index (χ0n) is 28.7. The van der Waals surface area contributed by atoms with Gasteiger partial charge in [-0.3, -0.25) is 0 Å². The zero-order chi connectivity index (χ0) is 34.1. The fraction of sp³-hybridized carbons (Fsp3) is 0.0612. The monoisotopic (exact) mass is 652 g/mol. The molecule has 2 heteroatoms. The van der Waals surface area contributed by atoms with E-state index < -0.39 is 0 Å². The van der Waals surface area contributed by atoms with Crippen LogP contribution in [-0.4, -0.2) is 4.57 Å². The molecule has 0 amide bonds.